The number of esters is 1. The van der Waals surface area contributed by atoms with Crippen molar-refractivity contribution < 1.29 is 19.1 Å². The van der Waals surface area contributed by atoms with Crippen molar-refractivity contribution in [2.24, 2.45) is 10.9 Å². The molecule has 0 aromatic carbocycles. The first kappa shape index (κ1) is 28.8. The van der Waals surface area contributed by atoms with E-state index in [1.165, 1.54) is 20.0 Å². The summed E-state index contributed by atoms with van der Waals surface area (Å²) in [4.78, 5) is 33.1. The van der Waals surface area contributed by atoms with Gasteiger partial charge in [-0.05, 0) is 72.1 Å². The Bertz CT molecular complexity index is 612. The van der Waals surface area contributed by atoms with Crippen LogP contribution in [0.4, 0.5) is 4.79 Å². The van der Waals surface area contributed by atoms with Crippen molar-refractivity contribution in [1.29, 1.82) is 0 Å². The molecule has 186 valence electrons. The fourth-order valence-electron chi connectivity index (χ4n) is 3.76. The van der Waals surface area contributed by atoms with E-state index in [0.29, 0.717) is 18.9 Å². The number of methoxy groups -OCH3 is 1. The molecule has 1 heterocycles. The molecule has 0 unspecified atom stereocenters. The van der Waals surface area contributed by atoms with E-state index >= 15 is 0 Å². The van der Waals surface area contributed by atoms with E-state index in [9.17, 15) is 9.59 Å². The van der Waals surface area contributed by atoms with E-state index in [4.69, 9.17) is 9.73 Å². The van der Waals surface area contributed by atoms with Crippen LogP contribution in [-0.2, 0) is 14.3 Å². The summed E-state index contributed by atoms with van der Waals surface area (Å²) in [5, 5.41) is 3.38. The number of guanidine groups is 1. The number of carbonyl (C=O) groups is 2. The zero-order chi connectivity index (χ0) is 22.9. The summed E-state index contributed by atoms with van der Waals surface area (Å²) in [6.45, 7) is 11.9. The minimum Gasteiger partial charge on any atom is -0.469 e. The zero-order valence-corrected chi connectivity index (χ0v) is 22.9. The highest BCUT2D eigenvalue weighted by Crippen LogP contribution is 2.32. The molecule has 2 fully saturated rings. The average molecular weight is 567 g/mol. The second-order valence-corrected chi connectivity index (χ2v) is 9.56. The second kappa shape index (κ2) is 14.1. The van der Waals surface area contributed by atoms with Gasteiger partial charge in [0.25, 0.3) is 0 Å². The number of hydrogen-bond acceptors (Lipinski definition) is 5. The fourth-order valence-corrected chi connectivity index (χ4v) is 3.76. The summed E-state index contributed by atoms with van der Waals surface area (Å²) < 4.78 is 10.4. The molecule has 1 amide bonds. The smallest absolute Gasteiger partial charge is 0.410 e. The number of carbonyl (C=O) groups excluding carboxylic acids is 2. The average Bonchev–Trinajstić information content (AvgIpc) is 3.54. The molecule has 0 aromatic rings. The summed E-state index contributed by atoms with van der Waals surface area (Å²) in [7, 11) is 1.42. The number of nitrogens with zero attached hydrogens (tertiary/aromatic N) is 3. The fraction of sp³-hybridized carbons (Fsp3) is 0.870. The van der Waals surface area contributed by atoms with Crippen LogP contribution in [0.2, 0.25) is 0 Å². The molecule has 1 N–H and O–H groups in total. The first-order valence-electron chi connectivity index (χ1n) is 11.8. The Labute approximate surface area is 210 Å². The minimum absolute atomic E-state index is 0. The maximum Gasteiger partial charge on any atom is 0.410 e. The van der Waals surface area contributed by atoms with Crippen LogP contribution >= 0.6 is 24.0 Å². The van der Waals surface area contributed by atoms with Gasteiger partial charge >= 0.3 is 12.1 Å². The van der Waals surface area contributed by atoms with Crippen LogP contribution in [0.1, 0.15) is 72.6 Å². The van der Waals surface area contributed by atoms with Gasteiger partial charge < -0.3 is 24.6 Å². The third-order valence-corrected chi connectivity index (χ3v) is 5.60. The van der Waals surface area contributed by atoms with E-state index in [1.54, 1.807) is 0 Å². The van der Waals surface area contributed by atoms with E-state index in [0.717, 1.165) is 57.8 Å². The molecule has 0 aromatic heterocycles. The summed E-state index contributed by atoms with van der Waals surface area (Å²) in [5.41, 5.74) is -0.474. The van der Waals surface area contributed by atoms with Crippen molar-refractivity contribution in [2.45, 2.75) is 84.3 Å². The summed E-state index contributed by atoms with van der Waals surface area (Å²) in [6.07, 6.45) is 6.16. The standard InChI is InChI=1S/C23H42N4O4.HI/c1-6-24-21(25-14-8-7-9-20(28)30-5)26-15-12-19(13-16-26)27(17-18-10-11-18)22(29)31-23(2,3)4;/h18-19H,6-17H2,1-5H3,(H,24,25);1H. The van der Waals surface area contributed by atoms with Crippen LogP contribution in [0.25, 0.3) is 0 Å². The van der Waals surface area contributed by atoms with Crippen molar-refractivity contribution in [3.05, 3.63) is 0 Å². The Morgan fingerprint density at radius 2 is 1.78 bits per heavy atom. The number of halogens is 1. The van der Waals surface area contributed by atoms with Crippen molar-refractivity contribution in [3.8, 4) is 0 Å². The molecule has 2 rings (SSSR count). The predicted octanol–water partition coefficient (Wildman–Crippen LogP) is 4.02. The second-order valence-electron chi connectivity index (χ2n) is 9.56. The monoisotopic (exact) mass is 566 g/mol. The quantitative estimate of drug-likeness (QED) is 0.149. The number of rotatable bonds is 9. The lowest BCUT2D eigenvalue weighted by atomic mass is 10.0. The van der Waals surface area contributed by atoms with Crippen LogP contribution in [0.3, 0.4) is 0 Å². The molecule has 0 spiro atoms. The van der Waals surface area contributed by atoms with Crippen molar-refractivity contribution >= 4 is 42.0 Å². The molecule has 32 heavy (non-hydrogen) atoms. The van der Waals surface area contributed by atoms with E-state index in [-0.39, 0.29) is 42.1 Å². The molecule has 2 aliphatic rings. The molecular weight excluding hydrogens is 523 g/mol. The van der Waals surface area contributed by atoms with Crippen LogP contribution in [0.5, 0.6) is 0 Å². The van der Waals surface area contributed by atoms with Gasteiger partial charge in [0.15, 0.2) is 5.96 Å². The predicted molar refractivity (Wildman–Crippen MR) is 138 cm³/mol. The van der Waals surface area contributed by atoms with E-state index in [2.05, 4.69) is 21.9 Å². The molecule has 9 heteroatoms. The molecule has 1 saturated heterocycles. The molecule has 0 radical (unpaired) electrons. The number of amides is 1. The third kappa shape index (κ3) is 10.6. The Balaban J connectivity index is 0.00000512. The van der Waals surface area contributed by atoms with Gasteiger partial charge in [0.05, 0.1) is 7.11 Å². The van der Waals surface area contributed by atoms with Gasteiger partial charge in [-0.2, -0.15) is 0 Å². The van der Waals surface area contributed by atoms with E-state index < -0.39 is 5.60 Å². The number of likely N-dealkylation sites (tertiary alicyclic amines) is 1. The van der Waals surface area contributed by atoms with Gasteiger partial charge in [-0.1, -0.05) is 0 Å². The SMILES string of the molecule is CCNC(=NCCCCC(=O)OC)N1CCC(N(CC2CC2)C(=O)OC(C)(C)C)CC1.I. The van der Waals surface area contributed by atoms with Gasteiger partial charge in [-0.25, -0.2) is 4.79 Å². The molecule has 1 aliphatic heterocycles. The number of piperidine rings is 1. The number of ether oxygens (including phenoxy) is 2. The lowest BCUT2D eigenvalue weighted by Gasteiger charge is -2.40. The van der Waals surface area contributed by atoms with Crippen molar-refractivity contribution in [1.82, 2.24) is 15.1 Å². The van der Waals surface area contributed by atoms with Crippen LogP contribution < -0.4 is 5.32 Å². The van der Waals surface area contributed by atoms with Gasteiger partial charge in [-0.3, -0.25) is 9.79 Å². The summed E-state index contributed by atoms with van der Waals surface area (Å²) in [5.74, 6) is 1.39. The Kier molecular flexibility index (Phi) is 12.7. The zero-order valence-electron chi connectivity index (χ0n) is 20.5. The first-order valence-corrected chi connectivity index (χ1v) is 11.8. The van der Waals surface area contributed by atoms with Gasteiger partial charge in [0.1, 0.15) is 5.60 Å². The highest BCUT2D eigenvalue weighted by molar-refractivity contribution is 14.0. The maximum atomic E-state index is 12.8. The van der Waals surface area contributed by atoms with Crippen molar-refractivity contribution in [2.75, 3.05) is 39.8 Å². The highest BCUT2D eigenvalue weighted by atomic mass is 127. The normalized spacial score (nSPS) is 17.4. The van der Waals surface area contributed by atoms with Crippen LogP contribution in [0, 0.1) is 5.92 Å². The Morgan fingerprint density at radius 1 is 1.12 bits per heavy atom. The summed E-state index contributed by atoms with van der Waals surface area (Å²) >= 11 is 0. The van der Waals surface area contributed by atoms with Gasteiger partial charge in [0.2, 0.25) is 0 Å². The lowest BCUT2D eigenvalue weighted by Crippen LogP contribution is -2.52. The topological polar surface area (TPSA) is 83.5 Å². The molecular formula is C23H43IN4O4. The lowest BCUT2D eigenvalue weighted by molar-refractivity contribution is -0.140. The summed E-state index contributed by atoms with van der Waals surface area (Å²) in [6, 6.07) is 0.217. The highest BCUT2D eigenvalue weighted by Gasteiger charge is 2.35. The molecule has 1 aliphatic carbocycles. The molecule has 8 nitrogen and oxygen atoms in total. The number of unbranched alkanes of at least 4 members (excludes halogenated alkanes) is 1. The Morgan fingerprint density at radius 3 is 2.31 bits per heavy atom. The molecule has 0 atom stereocenters. The maximum absolute atomic E-state index is 12.8. The van der Waals surface area contributed by atoms with Crippen LogP contribution in [-0.4, -0.2) is 79.3 Å². The third-order valence-electron chi connectivity index (χ3n) is 5.60. The van der Waals surface area contributed by atoms with Crippen LogP contribution in [0.15, 0.2) is 4.99 Å². The first-order chi connectivity index (χ1) is 14.7. The minimum atomic E-state index is -0.474. The number of nitrogens with one attached hydrogen (secondary N) is 1. The Hall–Kier alpha value is -1.26. The number of aliphatic imine (C=N–C) groups is 1. The van der Waals surface area contributed by atoms with Gasteiger partial charge in [-0.15, -0.1) is 24.0 Å². The van der Waals surface area contributed by atoms with Crippen molar-refractivity contribution in [3.63, 3.8) is 0 Å². The van der Waals surface area contributed by atoms with E-state index in [1.807, 2.05) is 25.7 Å². The molecule has 1 saturated carbocycles. The number of hydrogen-bond donors (Lipinski definition) is 1. The largest absolute Gasteiger partial charge is 0.469 e. The molecule has 0 bridgehead atoms. The van der Waals surface area contributed by atoms with Gasteiger partial charge in [0, 0.05) is 45.2 Å².